The second kappa shape index (κ2) is 3.75. The summed E-state index contributed by atoms with van der Waals surface area (Å²) in [5, 5.41) is 1.43. The van der Waals surface area contributed by atoms with E-state index in [1.54, 1.807) is 11.8 Å². The number of aromatic nitrogens is 1. The van der Waals surface area contributed by atoms with Crippen LogP contribution in [0.4, 0.5) is 0 Å². The van der Waals surface area contributed by atoms with E-state index in [4.69, 9.17) is 0 Å². The van der Waals surface area contributed by atoms with E-state index in [1.165, 1.54) is 5.03 Å². The predicted molar refractivity (Wildman–Crippen MR) is 54.0 cm³/mol. The quantitative estimate of drug-likeness (QED) is 0.494. The molecule has 2 unspecified atom stereocenters. The largest absolute Gasteiger partial charge is 1.00 e. The zero-order chi connectivity index (χ0) is 9.76. The van der Waals surface area contributed by atoms with E-state index in [0.29, 0.717) is 11.5 Å². The number of hydrogen-bond acceptors (Lipinski definition) is 3. The van der Waals surface area contributed by atoms with E-state index >= 15 is 0 Å². The van der Waals surface area contributed by atoms with E-state index in [-0.39, 0.29) is 28.3 Å². The number of thioether (sulfide) groups is 1. The summed E-state index contributed by atoms with van der Waals surface area (Å²) >= 11 is 1.69. The molecule has 1 aromatic rings. The second-order valence-electron chi connectivity index (χ2n) is 3.75. The molecule has 0 spiro atoms. The number of rotatable bonds is 0. The molecule has 2 atom stereocenters. The summed E-state index contributed by atoms with van der Waals surface area (Å²) in [5.74, 6) is 0.649. The molecule has 6 heteroatoms. The van der Waals surface area contributed by atoms with Crippen LogP contribution in [0.15, 0.2) is 29.4 Å². The highest BCUT2D eigenvalue weighted by Gasteiger charge is 2.50. The normalized spacial score (nSPS) is 30.4. The van der Waals surface area contributed by atoms with Crippen molar-refractivity contribution in [3.63, 3.8) is 0 Å². The molecule has 1 fully saturated rings. The molecular formula is C9H10BrNO2S2. The molecule has 3 heterocycles. The number of nitrogens with zero attached hydrogens (tertiary/aromatic N) is 1. The minimum absolute atomic E-state index is 0. The monoisotopic (exact) mass is 307 g/mol. The van der Waals surface area contributed by atoms with Crippen LogP contribution in [0, 0.1) is 0 Å². The van der Waals surface area contributed by atoms with Gasteiger partial charge in [0, 0.05) is 12.1 Å². The van der Waals surface area contributed by atoms with Crippen molar-refractivity contribution in [2.24, 2.45) is 0 Å². The fourth-order valence-electron chi connectivity index (χ4n) is 2.14. The van der Waals surface area contributed by atoms with Gasteiger partial charge in [0.25, 0.3) is 0 Å². The van der Waals surface area contributed by atoms with E-state index in [2.05, 4.69) is 10.6 Å². The topological polar surface area (TPSA) is 38.0 Å². The lowest BCUT2D eigenvalue weighted by molar-refractivity contribution is -0.745. The Morgan fingerprint density at radius 1 is 1.33 bits per heavy atom. The summed E-state index contributed by atoms with van der Waals surface area (Å²) in [5.41, 5.74) is 0. The zero-order valence-electron chi connectivity index (χ0n) is 7.84. The Balaban J connectivity index is 0.000000853. The number of halogens is 1. The van der Waals surface area contributed by atoms with Gasteiger partial charge >= 0.3 is 0 Å². The van der Waals surface area contributed by atoms with E-state index in [0.717, 1.165) is 0 Å². The first-order chi connectivity index (χ1) is 6.66. The van der Waals surface area contributed by atoms with Gasteiger partial charge in [-0.15, -0.1) is 0 Å². The summed E-state index contributed by atoms with van der Waals surface area (Å²) in [7, 11) is -2.79. The molecule has 82 valence electrons. The van der Waals surface area contributed by atoms with E-state index < -0.39 is 9.84 Å². The molecule has 1 aromatic heterocycles. The average molecular weight is 308 g/mol. The Morgan fingerprint density at radius 2 is 2.13 bits per heavy atom. The molecule has 0 radical (unpaired) electrons. The van der Waals surface area contributed by atoms with Gasteiger partial charge in [-0.1, -0.05) is 0 Å². The average Bonchev–Trinajstić information content (AvgIpc) is 2.56. The molecule has 15 heavy (non-hydrogen) atoms. The van der Waals surface area contributed by atoms with Crippen molar-refractivity contribution < 1.29 is 30.0 Å². The molecule has 0 aliphatic carbocycles. The van der Waals surface area contributed by atoms with Gasteiger partial charge < -0.3 is 17.0 Å². The summed E-state index contributed by atoms with van der Waals surface area (Å²) < 4.78 is 25.0. The van der Waals surface area contributed by atoms with Gasteiger partial charge in [-0.2, -0.15) is 4.57 Å². The van der Waals surface area contributed by atoms with E-state index in [1.807, 2.05) is 18.3 Å². The molecule has 3 nitrogen and oxygen atoms in total. The van der Waals surface area contributed by atoms with Gasteiger partial charge in [0.05, 0.1) is 11.0 Å². The lowest BCUT2D eigenvalue weighted by Crippen LogP contribution is -3.00. The van der Waals surface area contributed by atoms with Crippen LogP contribution in [0.3, 0.4) is 0 Å². The van der Waals surface area contributed by atoms with Gasteiger partial charge in [0.15, 0.2) is 22.1 Å². The van der Waals surface area contributed by atoms with Gasteiger partial charge in [-0.3, -0.25) is 0 Å². The van der Waals surface area contributed by atoms with Gasteiger partial charge in [-0.05, 0) is 17.8 Å². The van der Waals surface area contributed by atoms with Crippen molar-refractivity contribution in [1.29, 1.82) is 0 Å². The van der Waals surface area contributed by atoms with E-state index in [9.17, 15) is 8.42 Å². The first-order valence-corrected chi connectivity index (χ1v) is 7.23. The maximum atomic E-state index is 11.4. The summed E-state index contributed by atoms with van der Waals surface area (Å²) in [6, 6.07) is 6.17. The van der Waals surface area contributed by atoms with Crippen molar-refractivity contribution in [3.05, 3.63) is 24.4 Å². The summed E-state index contributed by atoms with van der Waals surface area (Å²) in [6.07, 6.45) is 1.98. The molecule has 3 rings (SSSR count). The Hall–Kier alpha value is -0.0700. The SMILES string of the molecule is O=S1(=O)CC2Sc3cccc[n+]3C2C1.[Br-]. The fraction of sp³-hybridized carbons (Fsp3) is 0.444. The third-order valence-electron chi connectivity index (χ3n) is 2.75. The maximum Gasteiger partial charge on any atom is 0.240 e. The maximum absolute atomic E-state index is 11.4. The minimum Gasteiger partial charge on any atom is -1.00 e. The van der Waals surface area contributed by atoms with Crippen LogP contribution in [-0.2, 0) is 9.84 Å². The molecule has 2 aliphatic rings. The molecule has 0 saturated carbocycles. The number of fused-ring (bicyclic) bond motifs is 3. The molecule has 0 bridgehead atoms. The Kier molecular flexibility index (Phi) is 2.85. The number of sulfone groups is 1. The molecule has 2 aliphatic heterocycles. The Labute approximate surface area is 104 Å². The fourth-order valence-corrected chi connectivity index (χ4v) is 6.10. The lowest BCUT2D eigenvalue weighted by atomic mass is 10.2. The smallest absolute Gasteiger partial charge is 0.240 e. The molecule has 0 N–H and O–H groups in total. The minimum atomic E-state index is -2.79. The molecule has 1 saturated heterocycles. The van der Waals surface area contributed by atoms with Crippen molar-refractivity contribution in [1.82, 2.24) is 0 Å². The van der Waals surface area contributed by atoms with Gasteiger partial charge in [-0.25, -0.2) is 8.42 Å². The highest BCUT2D eigenvalue weighted by atomic mass is 79.9. The summed E-state index contributed by atoms with van der Waals surface area (Å²) in [4.78, 5) is 0. The number of hydrogen-bond donors (Lipinski definition) is 0. The molecule has 0 amide bonds. The van der Waals surface area contributed by atoms with Crippen molar-refractivity contribution in [2.75, 3.05) is 11.5 Å². The molecular weight excluding hydrogens is 298 g/mol. The van der Waals surface area contributed by atoms with Crippen LogP contribution in [0.25, 0.3) is 0 Å². The first-order valence-electron chi connectivity index (χ1n) is 4.53. The van der Waals surface area contributed by atoms with Crippen LogP contribution < -0.4 is 21.5 Å². The molecule has 0 aromatic carbocycles. The highest BCUT2D eigenvalue weighted by Crippen LogP contribution is 2.39. The standard InChI is InChI=1S/C9H10NO2S2.BrH/c11-14(12)5-7-8(6-14)13-9-3-1-2-4-10(7)9;/h1-4,7-8H,5-6H2;1H/q+1;/p-1. The predicted octanol–water partition coefficient (Wildman–Crippen LogP) is -2.58. The second-order valence-corrected chi connectivity index (χ2v) is 7.16. The van der Waals surface area contributed by atoms with Crippen molar-refractivity contribution in [2.45, 2.75) is 16.3 Å². The Bertz CT molecular complexity index is 489. The third-order valence-corrected chi connectivity index (χ3v) is 6.05. The van der Waals surface area contributed by atoms with Crippen LogP contribution in [0.2, 0.25) is 0 Å². The number of pyridine rings is 1. The Morgan fingerprint density at radius 3 is 2.93 bits per heavy atom. The van der Waals surface area contributed by atoms with Crippen LogP contribution >= 0.6 is 11.8 Å². The van der Waals surface area contributed by atoms with Crippen LogP contribution in [0.5, 0.6) is 0 Å². The third kappa shape index (κ3) is 1.83. The van der Waals surface area contributed by atoms with Crippen molar-refractivity contribution in [3.8, 4) is 0 Å². The van der Waals surface area contributed by atoms with Gasteiger partial charge in [0.1, 0.15) is 5.75 Å². The summed E-state index contributed by atoms with van der Waals surface area (Å²) in [6.45, 7) is 0. The van der Waals surface area contributed by atoms with Crippen LogP contribution in [-0.4, -0.2) is 25.2 Å². The zero-order valence-corrected chi connectivity index (χ0v) is 11.1. The lowest BCUT2D eigenvalue weighted by Gasteiger charge is -1.98. The van der Waals surface area contributed by atoms with Crippen LogP contribution in [0.1, 0.15) is 6.04 Å². The first kappa shape index (κ1) is 11.4. The van der Waals surface area contributed by atoms with Crippen molar-refractivity contribution >= 4 is 21.6 Å². The van der Waals surface area contributed by atoms with Gasteiger partial charge in [0.2, 0.25) is 5.03 Å². The highest BCUT2D eigenvalue weighted by molar-refractivity contribution is 8.01.